The molecule has 1 aromatic carbocycles. The van der Waals surface area contributed by atoms with Crippen LogP contribution in [0.15, 0.2) is 57.1 Å². The molecule has 2 N–H and O–H groups in total. The van der Waals surface area contributed by atoms with Crippen molar-refractivity contribution >= 4 is 38.9 Å². The molecule has 0 saturated carbocycles. The van der Waals surface area contributed by atoms with Crippen LogP contribution in [-0.4, -0.2) is 30.4 Å². The summed E-state index contributed by atoms with van der Waals surface area (Å²) in [6.45, 7) is 0. The fourth-order valence-electron chi connectivity index (χ4n) is 1.68. The number of rotatable bonds is 5. The van der Waals surface area contributed by atoms with Gasteiger partial charge in [0.1, 0.15) is 23.2 Å². The number of ketones is 1. The first-order valence-electron chi connectivity index (χ1n) is 5.98. The molecule has 0 aliphatic carbocycles. The zero-order valence-electron chi connectivity index (χ0n) is 11.3. The zero-order chi connectivity index (χ0) is 17.2. The van der Waals surface area contributed by atoms with E-state index in [0.29, 0.717) is 11.1 Å². The fraction of sp³-hybridized carbons (Fsp3) is 0. The number of furan rings is 1. The van der Waals surface area contributed by atoms with Gasteiger partial charge < -0.3 is 14.6 Å². The van der Waals surface area contributed by atoms with Gasteiger partial charge in [-0.1, -0.05) is 11.6 Å². The van der Waals surface area contributed by atoms with Crippen molar-refractivity contribution < 1.29 is 32.6 Å². The summed E-state index contributed by atoms with van der Waals surface area (Å²) in [6, 6.07) is 5.27. The summed E-state index contributed by atoms with van der Waals surface area (Å²) in [4.78, 5) is 21.0. The third kappa shape index (κ3) is 3.43. The van der Waals surface area contributed by atoms with Crippen molar-refractivity contribution in [2.75, 3.05) is 0 Å². The molecule has 0 saturated heterocycles. The van der Waals surface area contributed by atoms with Crippen LogP contribution in [0.1, 0.15) is 5.56 Å². The Morgan fingerprint density at radius 1 is 1.09 bits per heavy atom. The molecule has 0 unspecified atom stereocenters. The van der Waals surface area contributed by atoms with E-state index in [1.54, 1.807) is 0 Å². The van der Waals surface area contributed by atoms with E-state index >= 15 is 0 Å². The lowest BCUT2D eigenvalue weighted by molar-refractivity contribution is -0.146. The first-order valence-corrected chi connectivity index (χ1v) is 7.84. The number of benzene rings is 1. The monoisotopic (exact) mass is 356 g/mol. The molecule has 1 aromatic heterocycles. The van der Waals surface area contributed by atoms with E-state index < -0.39 is 32.2 Å². The van der Waals surface area contributed by atoms with Gasteiger partial charge in [-0.2, -0.15) is 0 Å². The summed E-state index contributed by atoms with van der Waals surface area (Å²) >= 11 is 5.70. The van der Waals surface area contributed by atoms with Crippen LogP contribution >= 0.6 is 11.6 Å². The lowest BCUT2D eigenvalue weighted by atomic mass is 10.2. The number of carbonyl (C=O) groups excluding carboxylic acids is 1. The van der Waals surface area contributed by atoms with E-state index in [-0.39, 0.29) is 10.5 Å². The minimum Gasteiger partial charge on any atom is -0.507 e. The molecule has 0 aliphatic rings. The Kier molecular flexibility index (Phi) is 4.57. The highest BCUT2D eigenvalue weighted by Gasteiger charge is 2.26. The highest BCUT2D eigenvalue weighted by molar-refractivity contribution is 7.91. The van der Waals surface area contributed by atoms with Crippen LogP contribution < -0.4 is 0 Å². The average molecular weight is 357 g/mol. The van der Waals surface area contributed by atoms with Crippen molar-refractivity contribution in [3.63, 3.8) is 0 Å². The van der Waals surface area contributed by atoms with Gasteiger partial charge in [0.15, 0.2) is 0 Å². The number of halogens is 1. The quantitative estimate of drug-likeness (QED) is 0.479. The molecule has 1 heterocycles. The summed E-state index contributed by atoms with van der Waals surface area (Å²) in [5.74, 6) is -4.03. The first-order chi connectivity index (χ1) is 10.7. The van der Waals surface area contributed by atoms with Crippen molar-refractivity contribution in [3.05, 3.63) is 53.5 Å². The van der Waals surface area contributed by atoms with Crippen molar-refractivity contribution in [2.45, 2.75) is 9.79 Å². The Bertz CT molecular complexity index is 891. The molecule has 0 spiro atoms. The van der Waals surface area contributed by atoms with Crippen molar-refractivity contribution in [1.29, 1.82) is 0 Å². The van der Waals surface area contributed by atoms with Crippen LogP contribution in [0, 0.1) is 0 Å². The number of carboxylic acids is 1. The highest BCUT2D eigenvalue weighted by atomic mass is 35.5. The summed E-state index contributed by atoms with van der Waals surface area (Å²) in [7, 11) is -4.06. The second kappa shape index (κ2) is 6.27. The van der Waals surface area contributed by atoms with Crippen LogP contribution in [0.4, 0.5) is 0 Å². The Labute approximate surface area is 135 Å². The predicted octanol–water partition coefficient (Wildman–Crippen LogP) is 2.32. The molecule has 120 valence electrons. The first kappa shape index (κ1) is 16.8. The number of carbonyl (C=O) groups is 2. The number of sulfone groups is 1. The molecule has 0 radical (unpaired) electrons. The molecular weight excluding hydrogens is 348 g/mol. The molecule has 0 bridgehead atoms. The summed E-state index contributed by atoms with van der Waals surface area (Å²) in [6.07, 6.45) is 2.16. The van der Waals surface area contributed by atoms with Gasteiger partial charge in [0.2, 0.25) is 9.84 Å². The van der Waals surface area contributed by atoms with E-state index in [1.165, 1.54) is 24.3 Å². The molecule has 0 atom stereocenters. The van der Waals surface area contributed by atoms with E-state index in [2.05, 4.69) is 0 Å². The van der Waals surface area contributed by atoms with E-state index in [0.717, 1.165) is 12.5 Å². The summed E-state index contributed by atoms with van der Waals surface area (Å²) in [5, 5.41) is 18.6. The molecule has 7 nitrogen and oxygen atoms in total. The van der Waals surface area contributed by atoms with Crippen molar-refractivity contribution in [3.8, 4) is 0 Å². The fourth-order valence-corrected chi connectivity index (χ4v) is 3.18. The SMILES string of the molecule is O=C(O)C(=O)C=C(O)c1cocc1S(=O)(=O)c1ccc(Cl)cc1. The standard InChI is InChI=1S/C14H9ClO7S/c15-8-1-3-9(4-2-8)23(20,21)13-7-22-6-10(13)11(16)5-12(17)14(18)19/h1-7,16H,(H,18,19). The number of aliphatic carboxylic acids is 1. The molecule has 23 heavy (non-hydrogen) atoms. The summed E-state index contributed by atoms with van der Waals surface area (Å²) < 4.78 is 29.8. The minimum atomic E-state index is -4.06. The molecule has 0 fully saturated rings. The van der Waals surface area contributed by atoms with Gasteiger partial charge in [-0.3, -0.25) is 4.79 Å². The van der Waals surface area contributed by atoms with E-state index in [4.69, 9.17) is 21.1 Å². The second-order valence-corrected chi connectivity index (χ2v) is 6.66. The van der Waals surface area contributed by atoms with Crippen LogP contribution in [0.5, 0.6) is 0 Å². The minimum absolute atomic E-state index is 0.109. The van der Waals surface area contributed by atoms with Gasteiger partial charge in [0.25, 0.3) is 5.78 Å². The van der Waals surface area contributed by atoms with Gasteiger partial charge >= 0.3 is 5.97 Å². The van der Waals surface area contributed by atoms with Crippen molar-refractivity contribution in [2.24, 2.45) is 0 Å². The van der Waals surface area contributed by atoms with Crippen molar-refractivity contribution in [1.82, 2.24) is 0 Å². The average Bonchev–Trinajstić information content (AvgIpc) is 2.97. The van der Waals surface area contributed by atoms with E-state index in [1.807, 2.05) is 0 Å². The Morgan fingerprint density at radius 3 is 2.26 bits per heavy atom. The maximum Gasteiger partial charge on any atom is 0.376 e. The van der Waals surface area contributed by atoms with Gasteiger partial charge in [-0.05, 0) is 24.3 Å². The number of aliphatic hydroxyl groups excluding tert-OH is 1. The smallest absolute Gasteiger partial charge is 0.376 e. The maximum atomic E-state index is 12.5. The summed E-state index contributed by atoms with van der Waals surface area (Å²) in [5.41, 5.74) is -0.324. The lowest BCUT2D eigenvalue weighted by Crippen LogP contribution is -2.10. The van der Waals surface area contributed by atoms with Gasteiger partial charge in [0.05, 0.1) is 10.5 Å². The maximum absolute atomic E-state index is 12.5. The van der Waals surface area contributed by atoms with E-state index in [9.17, 15) is 23.1 Å². The molecule has 2 rings (SSSR count). The van der Waals surface area contributed by atoms with Crippen LogP contribution in [0.25, 0.3) is 5.76 Å². The van der Waals surface area contributed by atoms with Crippen LogP contribution in [0.2, 0.25) is 5.02 Å². The molecule has 9 heteroatoms. The largest absolute Gasteiger partial charge is 0.507 e. The number of hydrogen-bond donors (Lipinski definition) is 2. The number of carboxylic acid groups (broad SMARTS) is 1. The highest BCUT2D eigenvalue weighted by Crippen LogP contribution is 2.29. The Balaban J connectivity index is 2.51. The topological polar surface area (TPSA) is 122 Å². The lowest BCUT2D eigenvalue weighted by Gasteiger charge is -2.05. The predicted molar refractivity (Wildman–Crippen MR) is 78.9 cm³/mol. The molecule has 2 aromatic rings. The Hall–Kier alpha value is -2.58. The number of hydrogen-bond acceptors (Lipinski definition) is 6. The van der Waals surface area contributed by atoms with Crippen LogP contribution in [0.3, 0.4) is 0 Å². The normalized spacial score (nSPS) is 12.1. The third-order valence-electron chi connectivity index (χ3n) is 2.79. The molecule has 0 aliphatic heterocycles. The molecular formula is C14H9ClO7S. The van der Waals surface area contributed by atoms with Gasteiger partial charge in [-0.25, -0.2) is 13.2 Å². The van der Waals surface area contributed by atoms with Crippen LogP contribution in [-0.2, 0) is 19.4 Å². The van der Waals surface area contributed by atoms with Gasteiger partial charge in [0, 0.05) is 11.1 Å². The third-order valence-corrected chi connectivity index (χ3v) is 4.83. The Morgan fingerprint density at radius 2 is 1.70 bits per heavy atom. The van der Waals surface area contributed by atoms with Gasteiger partial charge in [-0.15, -0.1) is 0 Å². The number of aliphatic hydroxyl groups is 1. The second-order valence-electron chi connectivity index (χ2n) is 4.31. The molecule has 0 amide bonds. The zero-order valence-corrected chi connectivity index (χ0v) is 12.8.